The third-order valence-electron chi connectivity index (χ3n) is 9.06. The molecule has 1 amide bonds. The van der Waals surface area contributed by atoms with Crippen molar-refractivity contribution < 1.29 is 34.5 Å². The first-order valence-electron chi connectivity index (χ1n) is 15.9. The Hall–Kier alpha value is -5.27. The number of hydrogen-bond acceptors (Lipinski definition) is 6. The van der Waals surface area contributed by atoms with E-state index in [-0.39, 0.29) is 28.0 Å². The summed E-state index contributed by atoms with van der Waals surface area (Å²) in [6.07, 6.45) is 8.67. The summed E-state index contributed by atoms with van der Waals surface area (Å²) in [7, 11) is 0. The molecule has 10 nitrogen and oxygen atoms in total. The van der Waals surface area contributed by atoms with Crippen LogP contribution < -0.4 is 5.32 Å². The molecule has 0 aromatic heterocycles. The second-order valence-electron chi connectivity index (χ2n) is 13.0. The van der Waals surface area contributed by atoms with Gasteiger partial charge in [-0.3, -0.25) is 9.79 Å². The summed E-state index contributed by atoms with van der Waals surface area (Å²) in [5.41, 5.74) is 2.86. The van der Waals surface area contributed by atoms with Crippen molar-refractivity contribution in [2.24, 2.45) is 28.2 Å². The second kappa shape index (κ2) is 16.2. The van der Waals surface area contributed by atoms with Crippen molar-refractivity contribution in [2.45, 2.75) is 52.4 Å². The maximum atomic E-state index is 12.9. The quantitative estimate of drug-likeness (QED) is 0.109. The minimum absolute atomic E-state index is 0.106. The summed E-state index contributed by atoms with van der Waals surface area (Å²) in [5, 5.41) is 37.9. The molecule has 0 heterocycles. The van der Waals surface area contributed by atoms with Crippen molar-refractivity contribution in [3.63, 3.8) is 0 Å². The summed E-state index contributed by atoms with van der Waals surface area (Å²) in [4.78, 5) is 48.9. The predicted molar refractivity (Wildman–Crippen MR) is 186 cm³/mol. The van der Waals surface area contributed by atoms with Crippen LogP contribution in [0.3, 0.4) is 0 Å². The van der Waals surface area contributed by atoms with Crippen molar-refractivity contribution in [1.82, 2.24) is 0 Å². The first-order valence-corrected chi connectivity index (χ1v) is 16.2. The highest BCUT2D eigenvalue weighted by Crippen LogP contribution is 2.60. The largest absolute Gasteiger partial charge is 0.478 e. The lowest BCUT2D eigenvalue weighted by Crippen LogP contribution is -2.51. The lowest BCUT2D eigenvalue weighted by molar-refractivity contribution is -0.140. The number of aromatic carboxylic acids is 2. The van der Waals surface area contributed by atoms with Crippen molar-refractivity contribution >= 4 is 53.0 Å². The van der Waals surface area contributed by atoms with Gasteiger partial charge in [-0.25, -0.2) is 14.4 Å². The third kappa shape index (κ3) is 9.87. The number of rotatable bonds is 7. The van der Waals surface area contributed by atoms with Gasteiger partial charge in [0, 0.05) is 16.9 Å². The lowest BCUT2D eigenvalue weighted by atomic mass is 9.49. The highest BCUT2D eigenvalue weighted by Gasteiger charge is 2.54. The Bertz CT molecular complexity index is 1770. The fourth-order valence-electron chi connectivity index (χ4n) is 7.14. The van der Waals surface area contributed by atoms with Crippen LogP contribution in [0.4, 0.5) is 11.4 Å². The van der Waals surface area contributed by atoms with E-state index in [4.69, 9.17) is 32.2 Å². The number of carbonyl (C=O) groups excluding carboxylic acids is 1. The summed E-state index contributed by atoms with van der Waals surface area (Å²) in [6, 6.07) is 21.8. The maximum Gasteiger partial charge on any atom is 0.346 e. The van der Waals surface area contributed by atoms with Gasteiger partial charge in [0.1, 0.15) is 11.6 Å². The molecular formula is C38H38ClN3O7. The van der Waals surface area contributed by atoms with Crippen LogP contribution >= 0.6 is 11.6 Å². The van der Waals surface area contributed by atoms with Gasteiger partial charge in [-0.15, -0.1) is 0 Å². The molecule has 0 aliphatic heterocycles. The molecule has 4 bridgehead atoms. The number of halogens is 1. The minimum Gasteiger partial charge on any atom is -0.478 e. The molecule has 7 rings (SSSR count). The molecule has 0 unspecified atom stereocenters. The van der Waals surface area contributed by atoms with E-state index in [1.165, 1.54) is 31.4 Å². The van der Waals surface area contributed by atoms with Crippen LogP contribution in [0.15, 0.2) is 88.9 Å². The zero-order chi connectivity index (χ0) is 35.7. The number of aliphatic imine (C=N–C) groups is 1. The van der Waals surface area contributed by atoms with Crippen molar-refractivity contribution in [1.29, 1.82) is 5.26 Å². The fourth-order valence-corrected chi connectivity index (χ4v) is 7.27. The standard InChI is InChI=1S/C18H21NO3.C14H10ClNO2.C6H7NO2/c20-16(21)14-2-1-3-15(7-14)19-17(22)18-8-11-4-12(9-18)6-13(5-11)10-18;15-12-5-1-10(2-6-12)9-16-13-7-3-11(4-8-13)14(17)18;1-4(2)5(3-7)6(8)9/h1-3,7,11-13H,4-6,8-10H2,(H,19,22)(H,20,21);1-9H,(H,17,18);1-2H3,(H,8,9). The van der Waals surface area contributed by atoms with Gasteiger partial charge in [-0.05, 0) is 130 Å². The normalized spacial score (nSPS) is 21.2. The van der Waals surface area contributed by atoms with Gasteiger partial charge in [0.05, 0.1) is 22.2 Å². The summed E-state index contributed by atoms with van der Waals surface area (Å²) in [6.45, 7) is 3.18. The third-order valence-corrected chi connectivity index (χ3v) is 9.31. The number of nitriles is 1. The number of aliphatic carboxylic acids is 1. The number of nitrogens with zero attached hydrogens (tertiary/aromatic N) is 2. The van der Waals surface area contributed by atoms with Crippen LogP contribution in [0.5, 0.6) is 0 Å². The molecule has 254 valence electrons. The molecule has 11 heteroatoms. The molecule has 3 aromatic carbocycles. The molecule has 4 aliphatic rings. The molecule has 0 spiro atoms. The zero-order valence-corrected chi connectivity index (χ0v) is 28.0. The Morgan fingerprint density at radius 2 is 1.39 bits per heavy atom. The molecule has 4 fully saturated rings. The highest BCUT2D eigenvalue weighted by molar-refractivity contribution is 6.30. The van der Waals surface area contributed by atoms with Gasteiger partial charge < -0.3 is 20.6 Å². The first kappa shape index (κ1) is 36.6. The zero-order valence-electron chi connectivity index (χ0n) is 27.2. The van der Waals surface area contributed by atoms with Crippen LogP contribution in [-0.4, -0.2) is 45.3 Å². The van der Waals surface area contributed by atoms with E-state index >= 15 is 0 Å². The van der Waals surface area contributed by atoms with E-state index in [9.17, 15) is 19.2 Å². The molecule has 4 saturated carbocycles. The Kier molecular flexibility index (Phi) is 12.1. The van der Waals surface area contributed by atoms with Gasteiger partial charge in [0.15, 0.2) is 0 Å². The molecule has 4 N–H and O–H groups in total. The van der Waals surface area contributed by atoms with Crippen LogP contribution in [0.1, 0.15) is 78.7 Å². The molecular weight excluding hydrogens is 646 g/mol. The predicted octanol–water partition coefficient (Wildman–Crippen LogP) is 8.26. The SMILES string of the molecule is CC(C)=C(C#N)C(=O)O.O=C(O)c1ccc(N=Cc2ccc(Cl)cc2)cc1.O=C(O)c1cccc(NC(=O)C23CC4CC(CC(C4)C2)C3)c1. The number of allylic oxidation sites excluding steroid dienone is 1. The Morgan fingerprint density at radius 1 is 0.837 bits per heavy atom. The van der Waals surface area contributed by atoms with Gasteiger partial charge in [0.25, 0.3) is 0 Å². The van der Waals surface area contributed by atoms with E-state index in [2.05, 4.69) is 10.3 Å². The van der Waals surface area contributed by atoms with Gasteiger partial charge in [-0.1, -0.05) is 35.4 Å². The van der Waals surface area contributed by atoms with Crippen molar-refractivity contribution in [3.05, 3.63) is 106 Å². The number of amides is 1. The Labute approximate surface area is 289 Å². The van der Waals surface area contributed by atoms with E-state index in [1.54, 1.807) is 74.7 Å². The van der Waals surface area contributed by atoms with Crippen LogP contribution in [0.25, 0.3) is 0 Å². The number of carboxylic acids is 3. The Morgan fingerprint density at radius 3 is 1.84 bits per heavy atom. The fraction of sp³-hybridized carbons (Fsp3) is 0.316. The second-order valence-corrected chi connectivity index (χ2v) is 13.4. The average Bonchev–Trinajstić information content (AvgIpc) is 3.05. The van der Waals surface area contributed by atoms with Gasteiger partial charge >= 0.3 is 17.9 Å². The minimum atomic E-state index is -1.16. The number of anilines is 1. The van der Waals surface area contributed by atoms with E-state index in [1.807, 2.05) is 12.1 Å². The average molecular weight is 684 g/mol. The van der Waals surface area contributed by atoms with Gasteiger partial charge in [-0.2, -0.15) is 5.26 Å². The topological polar surface area (TPSA) is 177 Å². The van der Waals surface area contributed by atoms with Crippen LogP contribution in [0.2, 0.25) is 5.02 Å². The lowest BCUT2D eigenvalue weighted by Gasteiger charge is -2.55. The van der Waals surface area contributed by atoms with Crippen LogP contribution in [0, 0.1) is 34.5 Å². The molecule has 4 aliphatic carbocycles. The van der Waals surface area contributed by atoms with Crippen LogP contribution in [-0.2, 0) is 9.59 Å². The maximum absolute atomic E-state index is 12.9. The highest BCUT2D eigenvalue weighted by atomic mass is 35.5. The van der Waals surface area contributed by atoms with E-state index < -0.39 is 17.9 Å². The van der Waals surface area contributed by atoms with E-state index in [0.717, 1.165) is 42.6 Å². The smallest absolute Gasteiger partial charge is 0.346 e. The molecule has 3 aromatic rings. The number of carbonyl (C=O) groups is 4. The number of benzene rings is 3. The summed E-state index contributed by atoms with van der Waals surface area (Å²) in [5.74, 6) is -0.784. The molecule has 0 saturated heterocycles. The molecule has 0 atom stereocenters. The number of nitrogens with one attached hydrogen (secondary N) is 1. The molecule has 0 radical (unpaired) electrons. The number of hydrogen-bond donors (Lipinski definition) is 4. The molecule has 49 heavy (non-hydrogen) atoms. The van der Waals surface area contributed by atoms with Crippen molar-refractivity contribution in [3.8, 4) is 6.07 Å². The summed E-state index contributed by atoms with van der Waals surface area (Å²) < 4.78 is 0. The van der Waals surface area contributed by atoms with Gasteiger partial charge in [0.2, 0.25) is 5.91 Å². The van der Waals surface area contributed by atoms with E-state index in [0.29, 0.717) is 22.0 Å². The monoisotopic (exact) mass is 683 g/mol. The Balaban J connectivity index is 0.000000181. The van der Waals surface area contributed by atoms with Crippen molar-refractivity contribution in [2.75, 3.05) is 5.32 Å². The number of carboxylic acid groups (broad SMARTS) is 3. The summed E-state index contributed by atoms with van der Waals surface area (Å²) >= 11 is 5.78. The first-order chi connectivity index (χ1) is 23.3.